The van der Waals surface area contributed by atoms with Crippen LogP contribution in [0.2, 0.25) is 0 Å². The van der Waals surface area contributed by atoms with Crippen molar-refractivity contribution in [2.24, 2.45) is 5.16 Å². The molecule has 2 N–H and O–H groups in total. The predicted molar refractivity (Wildman–Crippen MR) is 248 cm³/mol. The van der Waals surface area contributed by atoms with E-state index in [0.717, 1.165) is 27.9 Å². The number of nitrogens with one attached hydrogen (secondary N) is 2. The lowest BCUT2D eigenvalue weighted by atomic mass is 10.0. The number of ether oxygens (including phenoxy) is 4. The molecule has 0 aliphatic carbocycles. The first-order valence-electron chi connectivity index (χ1n) is 20.8. The van der Waals surface area contributed by atoms with Gasteiger partial charge in [-0.25, -0.2) is 19.4 Å². The number of oxime groups is 1. The van der Waals surface area contributed by atoms with Gasteiger partial charge in [0.1, 0.15) is 62.3 Å². The highest BCUT2D eigenvalue weighted by Gasteiger charge is 2.55. The van der Waals surface area contributed by atoms with Crippen LogP contribution in [0.3, 0.4) is 0 Å². The van der Waals surface area contributed by atoms with Crippen LogP contribution in [-0.2, 0) is 53.1 Å². The lowest BCUT2D eigenvalue weighted by Gasteiger charge is -2.49. The highest BCUT2D eigenvalue weighted by molar-refractivity contribution is 9.11. The number of aromatic nitrogens is 3. The minimum atomic E-state index is -1.04. The number of methoxy groups -OCH3 is 1. The Labute approximate surface area is 416 Å². The van der Waals surface area contributed by atoms with E-state index in [1.54, 1.807) is 71.0 Å². The van der Waals surface area contributed by atoms with E-state index >= 15 is 0 Å². The number of halogens is 2. The third kappa shape index (κ3) is 12.9. The van der Waals surface area contributed by atoms with Crippen LogP contribution in [-0.4, -0.2) is 111 Å². The molecule has 4 aromatic rings. The first kappa shape index (κ1) is 52.0. The van der Waals surface area contributed by atoms with Crippen molar-refractivity contribution in [3.05, 3.63) is 81.2 Å². The number of rotatable bonds is 16. The minimum Gasteiger partial charge on any atom is -1.00 e. The van der Waals surface area contributed by atoms with Gasteiger partial charge in [-0.3, -0.25) is 19.8 Å². The molecule has 5 heterocycles. The van der Waals surface area contributed by atoms with Crippen LogP contribution in [0.5, 0.6) is 5.75 Å². The summed E-state index contributed by atoms with van der Waals surface area (Å²) in [5, 5.41) is 8.86. The van der Waals surface area contributed by atoms with Gasteiger partial charge in [0.05, 0.1) is 7.11 Å². The number of β-lactam (4-membered cyclic amide) rings is 1. The van der Waals surface area contributed by atoms with Gasteiger partial charge in [-0.05, 0) is 94.6 Å². The second kappa shape index (κ2) is 22.2. The molecule has 66 heavy (non-hydrogen) atoms. The molecule has 0 spiro atoms. The quantitative estimate of drug-likeness (QED) is 0.0316. The SMILES string of the molecule is CCO/N=C(\C(=O)NC1C(=O)N2C(C(=O)OCc3ccc(OC)cc3)=C(C[n+]3cccc4c3ccn4CCCN(C)C(=O)OC(C)(C)C)CSC12)c1nc(NC(=O)OC(C)(C)C)sc1Br.[I-]. The van der Waals surface area contributed by atoms with E-state index in [1.807, 2.05) is 55.9 Å². The molecule has 2 aliphatic rings. The van der Waals surface area contributed by atoms with E-state index in [9.17, 15) is 24.0 Å². The molecular weight excluding hydrogens is 1070 g/mol. The van der Waals surface area contributed by atoms with Crippen molar-refractivity contribution in [1.82, 2.24) is 24.7 Å². The van der Waals surface area contributed by atoms with Gasteiger partial charge in [-0.1, -0.05) is 28.6 Å². The van der Waals surface area contributed by atoms with Gasteiger partial charge in [0.2, 0.25) is 5.52 Å². The molecule has 356 valence electrons. The van der Waals surface area contributed by atoms with Crippen molar-refractivity contribution in [2.75, 3.05) is 38.4 Å². The van der Waals surface area contributed by atoms with Gasteiger partial charge in [-0.15, -0.1) is 11.8 Å². The van der Waals surface area contributed by atoms with E-state index in [-0.39, 0.29) is 72.1 Å². The van der Waals surface area contributed by atoms with Gasteiger partial charge in [0.25, 0.3) is 11.8 Å². The van der Waals surface area contributed by atoms with Crippen molar-refractivity contribution in [3.8, 4) is 5.75 Å². The van der Waals surface area contributed by atoms with E-state index in [2.05, 4.69) is 41.3 Å². The number of pyridine rings is 1. The first-order chi connectivity index (χ1) is 30.8. The summed E-state index contributed by atoms with van der Waals surface area (Å²) in [4.78, 5) is 80.0. The maximum atomic E-state index is 14.2. The normalized spacial score (nSPS) is 16.1. The lowest BCUT2D eigenvalue weighted by molar-refractivity contribution is -0.663. The summed E-state index contributed by atoms with van der Waals surface area (Å²) in [6.45, 7) is 13.9. The molecule has 18 nitrogen and oxygen atoms in total. The van der Waals surface area contributed by atoms with Crippen molar-refractivity contribution in [1.29, 1.82) is 0 Å². The number of carbonyl (C=O) groups is 5. The highest BCUT2D eigenvalue weighted by Crippen LogP contribution is 2.41. The number of hydrogen-bond donors (Lipinski definition) is 2. The Hall–Kier alpha value is -4.94. The smallest absolute Gasteiger partial charge is 0.413 e. The molecule has 22 heteroatoms. The Morgan fingerprint density at radius 1 is 1.05 bits per heavy atom. The Balaban J connectivity index is 0.00000817. The molecule has 0 saturated carbocycles. The predicted octanol–water partition coefficient (Wildman–Crippen LogP) is 3.60. The number of thioether (sulfide) groups is 1. The van der Waals surface area contributed by atoms with Crippen LogP contribution in [0.15, 0.2) is 75.1 Å². The number of hydrogen-bond acceptors (Lipinski definition) is 14. The number of anilines is 1. The monoisotopic (exact) mass is 1120 g/mol. The molecule has 2 unspecified atom stereocenters. The standard InChI is InChI=1S/C44H53BrN8O10S2.HI/c1-10-61-49-32(31-35(45)65-40(47-31)48-41(57)62-43(2,3)4)36(54)46-33-37(55)53-34(39(56)60-24-26-14-16-28(59-9)17-15-26)27(25-64-38(33)53)23-52-20-11-13-29-30(52)18-22-51(29)21-12-19-50(8)42(58)63-44(5,6)7;/h11,13-18,20,22,33,38H,10,12,19,21,23-25H2,1-9H3,(H-,46,47,48,54,57);1H/b49-32-;. The van der Waals surface area contributed by atoms with Gasteiger partial charge in [-0.2, -0.15) is 4.57 Å². The summed E-state index contributed by atoms with van der Waals surface area (Å²) in [7, 11) is 3.28. The van der Waals surface area contributed by atoms with Crippen LogP contribution in [0.1, 0.15) is 66.1 Å². The summed E-state index contributed by atoms with van der Waals surface area (Å²) in [6.07, 6.45) is 3.47. The molecule has 4 amide bonds. The van der Waals surface area contributed by atoms with Crippen molar-refractivity contribution in [2.45, 2.75) is 97.2 Å². The number of aryl methyl sites for hydroxylation is 1. The number of thiazole rings is 1. The van der Waals surface area contributed by atoms with Crippen molar-refractivity contribution in [3.63, 3.8) is 0 Å². The summed E-state index contributed by atoms with van der Waals surface area (Å²) in [5.74, 6) is -0.969. The molecule has 6 rings (SSSR count). The number of esters is 1. The van der Waals surface area contributed by atoms with Crippen LogP contribution in [0.4, 0.5) is 14.7 Å². The maximum absolute atomic E-state index is 14.2. The molecule has 3 aromatic heterocycles. The Bertz CT molecular complexity index is 2500. The second-order valence-electron chi connectivity index (χ2n) is 17.0. The maximum Gasteiger partial charge on any atom is 0.413 e. The first-order valence-corrected chi connectivity index (χ1v) is 23.5. The average molecular weight is 1130 g/mol. The summed E-state index contributed by atoms with van der Waals surface area (Å²) in [6, 6.07) is 12.0. The summed E-state index contributed by atoms with van der Waals surface area (Å²) >= 11 is 5.86. The Morgan fingerprint density at radius 2 is 1.76 bits per heavy atom. The van der Waals surface area contributed by atoms with Crippen LogP contribution >= 0.6 is 39.0 Å². The summed E-state index contributed by atoms with van der Waals surface area (Å²) in [5.41, 5.74) is 1.83. The third-order valence-corrected chi connectivity index (χ3v) is 12.7. The molecule has 1 saturated heterocycles. The fourth-order valence-corrected chi connectivity index (χ4v) is 9.57. The van der Waals surface area contributed by atoms with E-state index in [4.69, 9.17) is 23.8 Å². The third-order valence-electron chi connectivity index (χ3n) is 9.75. The van der Waals surface area contributed by atoms with Crippen LogP contribution in [0.25, 0.3) is 11.0 Å². The number of nitrogens with zero attached hydrogens (tertiary/aromatic N) is 6. The zero-order valence-electron chi connectivity index (χ0n) is 38.1. The van der Waals surface area contributed by atoms with Crippen LogP contribution < -0.4 is 43.9 Å². The van der Waals surface area contributed by atoms with E-state index in [1.165, 1.54) is 16.7 Å². The second-order valence-corrected chi connectivity index (χ2v) is 20.5. The molecule has 0 radical (unpaired) electrons. The number of carbonyl (C=O) groups excluding carboxylic acids is 5. The lowest BCUT2D eigenvalue weighted by Crippen LogP contribution is -3.00. The molecule has 0 bridgehead atoms. The summed E-state index contributed by atoms with van der Waals surface area (Å²) < 4.78 is 26.5. The van der Waals surface area contributed by atoms with Gasteiger partial charge < -0.3 is 62.5 Å². The topological polar surface area (TPSA) is 196 Å². The van der Waals surface area contributed by atoms with E-state index in [0.29, 0.717) is 40.4 Å². The van der Waals surface area contributed by atoms with E-state index < -0.39 is 46.5 Å². The zero-order valence-corrected chi connectivity index (χ0v) is 43.5. The zero-order chi connectivity index (χ0) is 47.2. The Morgan fingerprint density at radius 3 is 2.42 bits per heavy atom. The molecular formula is C44H54BrIN8O10S2. The molecule has 1 fully saturated rings. The largest absolute Gasteiger partial charge is 1.00 e. The van der Waals surface area contributed by atoms with Crippen molar-refractivity contribution >= 4 is 90.9 Å². The highest BCUT2D eigenvalue weighted by atomic mass is 127. The van der Waals surface area contributed by atoms with Gasteiger partial charge >= 0.3 is 18.2 Å². The average Bonchev–Trinajstić information content (AvgIpc) is 3.83. The Kier molecular flexibility index (Phi) is 17.5. The number of amides is 4. The minimum absolute atomic E-state index is 0. The molecule has 2 aliphatic heterocycles. The fraction of sp³-hybridized carbons (Fsp3) is 0.455. The molecule has 2 atom stereocenters. The fourth-order valence-electron chi connectivity index (χ4n) is 6.82. The number of benzene rings is 1. The van der Waals surface area contributed by atoms with Crippen LogP contribution in [0, 0.1) is 0 Å². The van der Waals surface area contributed by atoms with Gasteiger partial charge in [0.15, 0.2) is 23.6 Å². The molecule has 1 aromatic carbocycles. The number of fused-ring (bicyclic) bond motifs is 2. The van der Waals surface area contributed by atoms with Crippen molar-refractivity contribution < 1.29 is 76.3 Å². The van der Waals surface area contributed by atoms with Gasteiger partial charge in [0, 0.05) is 49.8 Å².